The van der Waals surface area contributed by atoms with E-state index >= 15 is 0 Å². The molecule has 0 spiro atoms. The maximum atomic E-state index is 12.5. The molecule has 2 aromatic heterocycles. The number of aryl methyl sites for hydroxylation is 1. The van der Waals surface area contributed by atoms with Crippen LogP contribution in [0.15, 0.2) is 59.2 Å². The van der Waals surface area contributed by atoms with Gasteiger partial charge in [0.2, 0.25) is 0 Å². The fraction of sp³-hybridized carbons (Fsp3) is 0.167. The van der Waals surface area contributed by atoms with Crippen LogP contribution in [-0.2, 0) is 13.6 Å². The molecule has 0 fully saturated rings. The molecular weight excluding hydrogens is 320 g/mol. The second-order valence-electron chi connectivity index (χ2n) is 5.62. The third kappa shape index (κ3) is 3.77. The van der Waals surface area contributed by atoms with Gasteiger partial charge in [-0.1, -0.05) is 30.3 Å². The van der Waals surface area contributed by atoms with Gasteiger partial charge < -0.3 is 14.6 Å². The fourth-order valence-electron chi connectivity index (χ4n) is 2.40. The standard InChI is InChI=1S/C18H18N4O3/c1-21(12-13-7-4-3-5-8-13)18(24)14-11-16(22(2)20-14)19-17(23)15-9-6-10-25-15/h3-11H,12H2,1-2H3,(H,19,23). The normalized spacial score (nSPS) is 10.5. The molecule has 7 heteroatoms. The van der Waals surface area contributed by atoms with Gasteiger partial charge in [-0.2, -0.15) is 5.10 Å². The van der Waals surface area contributed by atoms with Crippen LogP contribution in [-0.4, -0.2) is 33.5 Å². The summed E-state index contributed by atoms with van der Waals surface area (Å²) in [6.07, 6.45) is 1.42. The lowest BCUT2D eigenvalue weighted by molar-refractivity contribution is 0.0778. The lowest BCUT2D eigenvalue weighted by Gasteiger charge is -2.15. The van der Waals surface area contributed by atoms with Gasteiger partial charge in [-0.05, 0) is 17.7 Å². The highest BCUT2D eigenvalue weighted by Crippen LogP contribution is 2.14. The van der Waals surface area contributed by atoms with Gasteiger partial charge in [0, 0.05) is 26.7 Å². The molecule has 0 aliphatic heterocycles. The molecule has 1 N–H and O–H groups in total. The van der Waals surface area contributed by atoms with E-state index in [9.17, 15) is 9.59 Å². The van der Waals surface area contributed by atoms with Crippen LogP contribution in [0.2, 0.25) is 0 Å². The minimum Gasteiger partial charge on any atom is -0.459 e. The van der Waals surface area contributed by atoms with E-state index in [-0.39, 0.29) is 17.4 Å². The minimum absolute atomic E-state index is 0.190. The maximum Gasteiger partial charge on any atom is 0.292 e. The zero-order valence-electron chi connectivity index (χ0n) is 14.0. The van der Waals surface area contributed by atoms with Gasteiger partial charge in [-0.25, -0.2) is 0 Å². The van der Waals surface area contributed by atoms with Gasteiger partial charge in [0.25, 0.3) is 11.8 Å². The van der Waals surface area contributed by atoms with E-state index in [2.05, 4.69) is 10.4 Å². The lowest BCUT2D eigenvalue weighted by Crippen LogP contribution is -2.26. The molecule has 2 amide bonds. The predicted molar refractivity (Wildman–Crippen MR) is 92.1 cm³/mol. The molecule has 3 rings (SSSR count). The average molecular weight is 338 g/mol. The first-order valence-electron chi connectivity index (χ1n) is 7.73. The van der Waals surface area contributed by atoms with Gasteiger partial charge in [-0.3, -0.25) is 14.3 Å². The van der Waals surface area contributed by atoms with E-state index in [0.29, 0.717) is 12.4 Å². The van der Waals surface area contributed by atoms with Crippen molar-refractivity contribution in [1.82, 2.24) is 14.7 Å². The van der Waals surface area contributed by atoms with Crippen molar-refractivity contribution in [2.45, 2.75) is 6.54 Å². The summed E-state index contributed by atoms with van der Waals surface area (Å²) >= 11 is 0. The minimum atomic E-state index is -0.398. The molecule has 0 aliphatic carbocycles. The molecule has 3 aromatic rings. The molecule has 2 heterocycles. The molecule has 0 atom stereocenters. The Bertz CT molecular complexity index is 869. The van der Waals surface area contributed by atoms with E-state index in [1.165, 1.54) is 10.9 Å². The Morgan fingerprint density at radius 1 is 1.20 bits per heavy atom. The number of rotatable bonds is 5. The Morgan fingerprint density at radius 2 is 1.96 bits per heavy atom. The van der Waals surface area contributed by atoms with Gasteiger partial charge in [0.15, 0.2) is 11.5 Å². The number of hydrogen-bond acceptors (Lipinski definition) is 4. The van der Waals surface area contributed by atoms with Gasteiger partial charge >= 0.3 is 0 Å². The van der Waals surface area contributed by atoms with E-state index < -0.39 is 5.91 Å². The van der Waals surface area contributed by atoms with Crippen molar-refractivity contribution >= 4 is 17.6 Å². The number of carbonyl (C=O) groups is 2. The third-order valence-corrected chi connectivity index (χ3v) is 3.69. The van der Waals surface area contributed by atoms with Crippen LogP contribution in [0, 0.1) is 0 Å². The van der Waals surface area contributed by atoms with Crippen LogP contribution < -0.4 is 5.32 Å². The molecule has 0 aliphatic rings. The third-order valence-electron chi connectivity index (χ3n) is 3.69. The quantitative estimate of drug-likeness (QED) is 0.775. The second kappa shape index (κ2) is 7.04. The summed E-state index contributed by atoms with van der Waals surface area (Å²) in [5.41, 5.74) is 1.29. The maximum absolute atomic E-state index is 12.5. The number of furan rings is 1. The number of aromatic nitrogens is 2. The molecule has 0 unspecified atom stereocenters. The first-order chi connectivity index (χ1) is 12.0. The molecule has 0 saturated carbocycles. The van der Waals surface area contributed by atoms with Crippen LogP contribution in [0.4, 0.5) is 5.82 Å². The van der Waals surface area contributed by atoms with E-state index in [1.807, 2.05) is 30.3 Å². The van der Waals surface area contributed by atoms with Crippen molar-refractivity contribution < 1.29 is 14.0 Å². The first kappa shape index (κ1) is 16.5. The molecular formula is C18H18N4O3. The number of nitrogens with one attached hydrogen (secondary N) is 1. The summed E-state index contributed by atoms with van der Waals surface area (Å²) in [7, 11) is 3.37. The predicted octanol–water partition coefficient (Wildman–Crippen LogP) is 2.54. The average Bonchev–Trinajstić information content (AvgIpc) is 3.26. The first-order valence-corrected chi connectivity index (χ1v) is 7.73. The fourth-order valence-corrected chi connectivity index (χ4v) is 2.40. The Labute approximate surface area is 144 Å². The SMILES string of the molecule is CN(Cc1ccccc1)C(=O)c1cc(NC(=O)c2ccco2)n(C)n1. The van der Waals surface area contributed by atoms with Gasteiger partial charge in [-0.15, -0.1) is 0 Å². The van der Waals surface area contributed by atoms with Crippen molar-refractivity contribution in [3.63, 3.8) is 0 Å². The lowest BCUT2D eigenvalue weighted by atomic mass is 10.2. The van der Waals surface area contributed by atoms with E-state index in [1.54, 1.807) is 37.2 Å². The highest BCUT2D eigenvalue weighted by Gasteiger charge is 2.19. The number of benzene rings is 1. The molecule has 0 bridgehead atoms. The van der Waals surface area contributed by atoms with E-state index in [4.69, 9.17) is 4.42 Å². The van der Waals surface area contributed by atoms with Crippen LogP contribution in [0.5, 0.6) is 0 Å². The Balaban J connectivity index is 1.70. The Morgan fingerprint density at radius 3 is 2.64 bits per heavy atom. The van der Waals surface area contributed by atoms with Crippen LogP contribution in [0.25, 0.3) is 0 Å². The highest BCUT2D eigenvalue weighted by atomic mass is 16.3. The number of nitrogens with zero attached hydrogens (tertiary/aromatic N) is 3. The zero-order chi connectivity index (χ0) is 17.8. The summed E-state index contributed by atoms with van der Waals surface area (Å²) in [4.78, 5) is 26.2. The summed E-state index contributed by atoms with van der Waals surface area (Å²) in [6, 6.07) is 14.4. The monoisotopic (exact) mass is 338 g/mol. The van der Waals surface area contributed by atoms with Crippen molar-refractivity contribution in [1.29, 1.82) is 0 Å². The van der Waals surface area contributed by atoms with Crippen molar-refractivity contribution in [3.8, 4) is 0 Å². The summed E-state index contributed by atoms with van der Waals surface area (Å²) in [5, 5.41) is 6.86. The second-order valence-corrected chi connectivity index (χ2v) is 5.62. The number of anilines is 1. The number of amides is 2. The summed E-state index contributed by atoms with van der Waals surface area (Å²) < 4.78 is 6.50. The largest absolute Gasteiger partial charge is 0.459 e. The Hall–Kier alpha value is -3.35. The number of carbonyl (C=O) groups excluding carboxylic acids is 2. The van der Waals surface area contributed by atoms with E-state index in [0.717, 1.165) is 5.56 Å². The molecule has 1 aromatic carbocycles. The van der Waals surface area contributed by atoms with Crippen molar-refractivity contribution in [3.05, 3.63) is 71.8 Å². The zero-order valence-corrected chi connectivity index (χ0v) is 14.0. The molecule has 0 saturated heterocycles. The molecule has 0 radical (unpaired) electrons. The molecule has 25 heavy (non-hydrogen) atoms. The topological polar surface area (TPSA) is 80.4 Å². The molecule has 7 nitrogen and oxygen atoms in total. The Kier molecular flexibility index (Phi) is 4.65. The number of hydrogen-bond donors (Lipinski definition) is 1. The van der Waals surface area contributed by atoms with Crippen LogP contribution in [0.3, 0.4) is 0 Å². The summed E-state index contributed by atoms with van der Waals surface area (Å²) in [6.45, 7) is 0.477. The highest BCUT2D eigenvalue weighted by molar-refractivity contribution is 6.02. The smallest absolute Gasteiger partial charge is 0.292 e. The molecule has 128 valence electrons. The van der Waals surface area contributed by atoms with Crippen molar-refractivity contribution in [2.24, 2.45) is 7.05 Å². The van der Waals surface area contributed by atoms with Crippen molar-refractivity contribution in [2.75, 3.05) is 12.4 Å². The summed E-state index contributed by atoms with van der Waals surface area (Å²) in [5.74, 6) is -0.0178. The van der Waals surface area contributed by atoms with Gasteiger partial charge in [0.1, 0.15) is 5.82 Å². The van der Waals surface area contributed by atoms with Crippen LogP contribution >= 0.6 is 0 Å². The van der Waals surface area contributed by atoms with Crippen LogP contribution in [0.1, 0.15) is 26.6 Å². The van der Waals surface area contributed by atoms with Gasteiger partial charge in [0.05, 0.1) is 6.26 Å².